The molecule has 2 aromatic carbocycles. The third-order valence-corrected chi connectivity index (χ3v) is 9.13. The van der Waals surface area contributed by atoms with Gasteiger partial charge in [0.1, 0.15) is 11.6 Å². The Bertz CT molecular complexity index is 1550. The molecule has 212 valence electrons. The van der Waals surface area contributed by atoms with Gasteiger partial charge in [-0.05, 0) is 36.9 Å². The highest BCUT2D eigenvalue weighted by Gasteiger charge is 2.32. The van der Waals surface area contributed by atoms with Gasteiger partial charge in [-0.1, -0.05) is 6.92 Å². The van der Waals surface area contributed by atoms with Crippen molar-refractivity contribution >= 4 is 33.3 Å². The van der Waals surface area contributed by atoms with Gasteiger partial charge in [-0.3, -0.25) is 14.7 Å². The average molecular weight is 574 g/mol. The van der Waals surface area contributed by atoms with Crippen molar-refractivity contribution in [3.8, 4) is 0 Å². The number of piperazine rings is 1. The first-order chi connectivity index (χ1) is 19.1. The molecule has 0 bridgehead atoms. The number of primary amides is 1. The van der Waals surface area contributed by atoms with E-state index in [1.54, 1.807) is 12.1 Å². The molecule has 3 heterocycles. The Hall–Kier alpha value is -3.88. The van der Waals surface area contributed by atoms with Gasteiger partial charge < -0.3 is 20.9 Å². The minimum absolute atomic E-state index is 0.0445. The Labute approximate surface area is 230 Å². The molecule has 14 heteroatoms. The van der Waals surface area contributed by atoms with Crippen LogP contribution in [0.1, 0.15) is 38.9 Å². The summed E-state index contributed by atoms with van der Waals surface area (Å²) in [6, 6.07) is 7.00. The van der Waals surface area contributed by atoms with Crippen molar-refractivity contribution in [2.75, 3.05) is 49.5 Å². The molecular formula is C26H29F2N7O4S. The second-order valence-corrected chi connectivity index (χ2v) is 11.6. The van der Waals surface area contributed by atoms with E-state index in [2.05, 4.69) is 32.2 Å². The number of anilines is 2. The number of nitrogens with zero attached hydrogens (tertiary/aromatic N) is 4. The fourth-order valence-electron chi connectivity index (χ4n) is 5.03. The molecule has 1 aromatic heterocycles. The number of benzene rings is 2. The molecule has 0 aliphatic carbocycles. The maximum atomic E-state index is 13.7. The lowest BCUT2D eigenvalue weighted by Crippen LogP contribution is -2.46. The number of hydrogen-bond acceptors (Lipinski definition) is 7. The van der Waals surface area contributed by atoms with Gasteiger partial charge in [-0.25, -0.2) is 17.2 Å². The summed E-state index contributed by atoms with van der Waals surface area (Å²) in [5.74, 6) is -3.33. The molecule has 0 spiro atoms. The summed E-state index contributed by atoms with van der Waals surface area (Å²) >= 11 is 0. The van der Waals surface area contributed by atoms with Crippen LogP contribution in [0.5, 0.6) is 0 Å². The number of nitrogens with one attached hydrogen (secondary N) is 2. The van der Waals surface area contributed by atoms with Gasteiger partial charge >= 0.3 is 0 Å². The summed E-state index contributed by atoms with van der Waals surface area (Å²) < 4.78 is 54.7. The van der Waals surface area contributed by atoms with Gasteiger partial charge in [0.25, 0.3) is 5.91 Å². The van der Waals surface area contributed by atoms with E-state index < -0.39 is 38.4 Å². The number of halogens is 2. The number of nitrogens with two attached hydrogens (primary N) is 1. The first-order valence-electron chi connectivity index (χ1n) is 12.8. The molecule has 0 atom stereocenters. The van der Waals surface area contributed by atoms with Gasteiger partial charge in [0.15, 0.2) is 5.82 Å². The lowest BCUT2D eigenvalue weighted by molar-refractivity contribution is 0.0977. The van der Waals surface area contributed by atoms with Crippen molar-refractivity contribution in [2.45, 2.75) is 24.8 Å². The normalized spacial score (nSPS) is 16.5. The van der Waals surface area contributed by atoms with E-state index in [1.807, 2.05) is 0 Å². The van der Waals surface area contributed by atoms with Crippen molar-refractivity contribution in [3.63, 3.8) is 0 Å². The van der Waals surface area contributed by atoms with Crippen molar-refractivity contribution in [3.05, 3.63) is 70.4 Å². The molecule has 3 aromatic rings. The quantitative estimate of drug-likeness (QED) is 0.392. The highest BCUT2D eigenvalue weighted by molar-refractivity contribution is 7.89. The Morgan fingerprint density at radius 1 is 1.02 bits per heavy atom. The second kappa shape index (κ2) is 10.9. The van der Waals surface area contributed by atoms with Crippen molar-refractivity contribution in [1.82, 2.24) is 19.4 Å². The number of aromatic amines is 1. The third kappa shape index (κ3) is 5.42. The van der Waals surface area contributed by atoms with Gasteiger partial charge in [-0.15, -0.1) is 0 Å². The van der Waals surface area contributed by atoms with Crippen LogP contribution in [0.2, 0.25) is 0 Å². The first kappa shape index (κ1) is 27.7. The Morgan fingerprint density at radius 3 is 2.38 bits per heavy atom. The van der Waals surface area contributed by atoms with Crippen LogP contribution in [-0.2, 0) is 23.0 Å². The molecule has 2 aliphatic heterocycles. The number of carbonyl (C=O) groups excluding carboxylic acids is 2. The molecule has 0 saturated carbocycles. The maximum Gasteiger partial charge on any atom is 0.257 e. The average Bonchev–Trinajstić information content (AvgIpc) is 3.34. The highest BCUT2D eigenvalue weighted by atomic mass is 32.2. The topological polar surface area (TPSA) is 145 Å². The van der Waals surface area contributed by atoms with Crippen LogP contribution in [-0.4, -0.2) is 78.9 Å². The van der Waals surface area contributed by atoms with E-state index in [-0.39, 0.29) is 36.5 Å². The molecule has 2 amide bonds. The summed E-state index contributed by atoms with van der Waals surface area (Å²) in [4.78, 5) is 29.5. The smallest absolute Gasteiger partial charge is 0.257 e. The number of fused-ring (bicyclic) bond motifs is 1. The van der Waals surface area contributed by atoms with Crippen LogP contribution < -0.4 is 16.0 Å². The summed E-state index contributed by atoms with van der Waals surface area (Å²) in [5.41, 5.74) is 7.54. The third-order valence-electron chi connectivity index (χ3n) is 7.30. The number of sulfonamides is 1. The molecule has 1 fully saturated rings. The Balaban J connectivity index is 1.36. The second-order valence-electron chi connectivity index (χ2n) is 9.69. The lowest BCUT2D eigenvalue weighted by Gasteiger charge is -2.35. The van der Waals surface area contributed by atoms with Crippen LogP contribution in [0.25, 0.3) is 0 Å². The molecule has 4 N–H and O–H groups in total. The molecule has 0 unspecified atom stereocenters. The predicted molar refractivity (Wildman–Crippen MR) is 143 cm³/mol. The molecule has 1 saturated heterocycles. The minimum atomic E-state index is -4.23. The van der Waals surface area contributed by atoms with E-state index in [4.69, 9.17) is 5.73 Å². The highest BCUT2D eigenvalue weighted by Crippen LogP contribution is 2.30. The van der Waals surface area contributed by atoms with Gasteiger partial charge in [0.2, 0.25) is 15.9 Å². The van der Waals surface area contributed by atoms with Crippen LogP contribution >= 0.6 is 0 Å². The molecule has 40 heavy (non-hydrogen) atoms. The number of rotatable bonds is 7. The minimum Gasteiger partial charge on any atom is -0.369 e. The monoisotopic (exact) mass is 573 g/mol. The van der Waals surface area contributed by atoms with Crippen molar-refractivity contribution in [2.24, 2.45) is 5.73 Å². The number of likely N-dealkylation sites (N-methyl/N-ethyl adjacent to an activating group) is 1. The summed E-state index contributed by atoms with van der Waals surface area (Å²) in [6.07, 6.45) is 0.238. The summed E-state index contributed by atoms with van der Waals surface area (Å²) in [5, 5.41) is 9.59. The maximum absolute atomic E-state index is 13.7. The number of carbonyl (C=O) groups is 2. The molecule has 5 rings (SSSR count). The van der Waals surface area contributed by atoms with Gasteiger partial charge in [-0.2, -0.15) is 9.40 Å². The molecule has 11 nitrogen and oxygen atoms in total. The standard InChI is InChI=1S/C26H29F2N7O4S/c1-2-33-7-9-34(10-8-33)18-3-4-20(21(14-18)24(29)36)26(37)30-25-22-15-35(6-5-23(22)31-32-25)40(38,39)19-12-16(27)11-17(28)13-19/h3-4,11-14H,2,5-10,15H2,1H3,(H2,29,36)(H2,30,31,32,37). The van der Waals surface area contributed by atoms with Crippen LogP contribution in [0.3, 0.4) is 0 Å². The van der Waals surface area contributed by atoms with Crippen LogP contribution in [0, 0.1) is 11.6 Å². The van der Waals surface area contributed by atoms with E-state index in [1.165, 1.54) is 6.07 Å². The zero-order chi connectivity index (χ0) is 28.6. The Morgan fingerprint density at radius 2 is 1.73 bits per heavy atom. The number of aromatic nitrogens is 2. The molecular weight excluding hydrogens is 544 g/mol. The van der Waals surface area contributed by atoms with Crippen LogP contribution in [0.15, 0.2) is 41.3 Å². The van der Waals surface area contributed by atoms with E-state index in [0.29, 0.717) is 17.3 Å². The van der Waals surface area contributed by atoms with Crippen LogP contribution in [0.4, 0.5) is 20.3 Å². The van der Waals surface area contributed by atoms with E-state index >= 15 is 0 Å². The number of amides is 2. The van der Waals surface area contributed by atoms with E-state index in [0.717, 1.165) is 54.8 Å². The summed E-state index contributed by atoms with van der Waals surface area (Å²) in [7, 11) is -4.23. The number of H-pyrrole nitrogens is 1. The van der Waals surface area contributed by atoms with Gasteiger partial charge in [0, 0.05) is 68.7 Å². The number of hydrogen-bond donors (Lipinski definition) is 3. The molecule has 0 radical (unpaired) electrons. The van der Waals surface area contributed by atoms with E-state index in [9.17, 15) is 26.8 Å². The summed E-state index contributed by atoms with van der Waals surface area (Å²) in [6.45, 7) is 6.25. The zero-order valence-corrected chi connectivity index (χ0v) is 22.6. The zero-order valence-electron chi connectivity index (χ0n) is 21.8. The SMILES string of the molecule is CCN1CCN(c2ccc(C(=O)Nc3n[nH]c4c3CN(S(=O)(=O)c3cc(F)cc(F)c3)CC4)c(C(N)=O)c2)CC1. The lowest BCUT2D eigenvalue weighted by atomic mass is 10.0. The van der Waals surface area contributed by atoms with Crippen molar-refractivity contribution in [1.29, 1.82) is 0 Å². The van der Waals surface area contributed by atoms with Gasteiger partial charge in [0.05, 0.1) is 16.0 Å². The molecule has 2 aliphatic rings. The largest absolute Gasteiger partial charge is 0.369 e. The first-order valence-corrected chi connectivity index (χ1v) is 14.3. The fraction of sp³-hybridized carbons (Fsp3) is 0.346. The predicted octanol–water partition coefficient (Wildman–Crippen LogP) is 1.93. The Kier molecular flexibility index (Phi) is 7.57. The fourth-order valence-corrected chi connectivity index (χ4v) is 6.49. The van der Waals surface area contributed by atoms with Crippen molar-refractivity contribution < 1.29 is 26.8 Å².